The molecule has 0 amide bonds. The van der Waals surface area contributed by atoms with Gasteiger partial charge in [0.15, 0.2) is 0 Å². The third-order valence-electron chi connectivity index (χ3n) is 3.53. The second kappa shape index (κ2) is 7.43. The highest BCUT2D eigenvalue weighted by Gasteiger charge is 2.28. The zero-order chi connectivity index (χ0) is 12.8. The molecule has 3 atom stereocenters. The smallest absolute Gasteiger partial charge is 0.0814 e. The molecule has 2 fully saturated rings. The molecular formula is C14H27NO3. The molecule has 18 heavy (non-hydrogen) atoms. The van der Waals surface area contributed by atoms with Crippen LogP contribution in [0.2, 0.25) is 0 Å². The lowest BCUT2D eigenvalue weighted by molar-refractivity contribution is -0.0583. The van der Waals surface area contributed by atoms with Crippen molar-refractivity contribution in [1.82, 2.24) is 5.32 Å². The molecule has 106 valence electrons. The van der Waals surface area contributed by atoms with Crippen LogP contribution >= 0.6 is 0 Å². The Hall–Kier alpha value is -0.160. The van der Waals surface area contributed by atoms with Crippen molar-refractivity contribution in [2.45, 2.75) is 63.9 Å². The molecule has 1 heterocycles. The Kier molecular flexibility index (Phi) is 5.89. The molecule has 4 heteroatoms. The summed E-state index contributed by atoms with van der Waals surface area (Å²) in [5, 5.41) is 3.53. The first-order chi connectivity index (χ1) is 8.78. The summed E-state index contributed by atoms with van der Waals surface area (Å²) in [6, 6.07) is 0.773. The Morgan fingerprint density at radius 3 is 2.72 bits per heavy atom. The minimum atomic E-state index is 0.164. The number of nitrogens with one attached hydrogen (secondary N) is 1. The van der Waals surface area contributed by atoms with Crippen LogP contribution in [0.3, 0.4) is 0 Å². The Labute approximate surface area is 110 Å². The molecule has 0 bridgehead atoms. The maximum Gasteiger partial charge on any atom is 0.0814 e. The van der Waals surface area contributed by atoms with Gasteiger partial charge in [0.2, 0.25) is 0 Å². The quantitative estimate of drug-likeness (QED) is 0.683. The molecule has 1 aliphatic carbocycles. The van der Waals surface area contributed by atoms with E-state index in [1.165, 1.54) is 12.8 Å². The highest BCUT2D eigenvalue weighted by atomic mass is 16.6. The van der Waals surface area contributed by atoms with E-state index in [9.17, 15) is 0 Å². The molecule has 0 aromatic rings. The highest BCUT2D eigenvalue weighted by Crippen LogP contribution is 2.22. The minimum absolute atomic E-state index is 0.164. The van der Waals surface area contributed by atoms with Crippen molar-refractivity contribution < 1.29 is 14.2 Å². The predicted octanol–water partition coefficient (Wildman–Crippen LogP) is 1.73. The predicted molar refractivity (Wildman–Crippen MR) is 70.8 cm³/mol. The van der Waals surface area contributed by atoms with Crippen molar-refractivity contribution in [2.24, 2.45) is 0 Å². The van der Waals surface area contributed by atoms with Crippen LogP contribution in [0.1, 0.15) is 39.5 Å². The monoisotopic (exact) mass is 257 g/mol. The van der Waals surface area contributed by atoms with Gasteiger partial charge < -0.3 is 19.5 Å². The average Bonchev–Trinajstić information content (AvgIpc) is 3.10. The van der Waals surface area contributed by atoms with Crippen LogP contribution in [0.5, 0.6) is 0 Å². The maximum atomic E-state index is 5.97. The summed E-state index contributed by atoms with van der Waals surface area (Å²) in [7, 11) is 0. The van der Waals surface area contributed by atoms with Gasteiger partial charge in [-0.2, -0.15) is 0 Å². The summed E-state index contributed by atoms with van der Waals surface area (Å²) in [5.74, 6) is 0. The van der Waals surface area contributed by atoms with Gasteiger partial charge in [0, 0.05) is 19.2 Å². The standard InChI is InChI=1S/C14H27NO3/c1-3-16-9-11(2)17-10-14-7-6-13(18-14)8-15-12-4-5-12/h11-15H,3-10H2,1-2H3. The largest absolute Gasteiger partial charge is 0.379 e. The molecule has 2 rings (SSSR count). The van der Waals surface area contributed by atoms with Gasteiger partial charge in [-0.3, -0.25) is 0 Å². The summed E-state index contributed by atoms with van der Waals surface area (Å²) < 4.78 is 17.0. The van der Waals surface area contributed by atoms with Crippen LogP contribution in [0.15, 0.2) is 0 Å². The van der Waals surface area contributed by atoms with E-state index in [-0.39, 0.29) is 12.2 Å². The summed E-state index contributed by atoms with van der Waals surface area (Å²) in [6.45, 7) is 7.20. The van der Waals surface area contributed by atoms with E-state index < -0.39 is 0 Å². The zero-order valence-electron chi connectivity index (χ0n) is 11.7. The average molecular weight is 257 g/mol. The van der Waals surface area contributed by atoms with E-state index in [2.05, 4.69) is 12.2 Å². The van der Waals surface area contributed by atoms with Crippen molar-refractivity contribution in [3.63, 3.8) is 0 Å². The lowest BCUT2D eigenvalue weighted by Crippen LogP contribution is -2.30. The number of hydrogen-bond acceptors (Lipinski definition) is 4. The van der Waals surface area contributed by atoms with Gasteiger partial charge in [-0.1, -0.05) is 0 Å². The number of hydrogen-bond donors (Lipinski definition) is 1. The van der Waals surface area contributed by atoms with Gasteiger partial charge in [0.05, 0.1) is 31.5 Å². The van der Waals surface area contributed by atoms with Gasteiger partial charge in [-0.15, -0.1) is 0 Å². The van der Waals surface area contributed by atoms with Gasteiger partial charge in [0.25, 0.3) is 0 Å². The van der Waals surface area contributed by atoms with E-state index in [1.807, 2.05) is 6.92 Å². The van der Waals surface area contributed by atoms with Crippen LogP contribution in [-0.4, -0.2) is 50.7 Å². The van der Waals surface area contributed by atoms with Gasteiger partial charge >= 0.3 is 0 Å². The van der Waals surface area contributed by atoms with E-state index in [1.54, 1.807) is 0 Å². The van der Waals surface area contributed by atoms with E-state index in [0.717, 1.165) is 32.0 Å². The molecule has 1 saturated heterocycles. The first-order valence-electron chi connectivity index (χ1n) is 7.36. The molecule has 2 aliphatic rings. The lowest BCUT2D eigenvalue weighted by atomic mass is 10.2. The Morgan fingerprint density at radius 1 is 1.22 bits per heavy atom. The summed E-state index contributed by atoms with van der Waals surface area (Å²) in [6.07, 6.45) is 5.80. The van der Waals surface area contributed by atoms with Crippen molar-refractivity contribution in [2.75, 3.05) is 26.4 Å². The second-order valence-electron chi connectivity index (χ2n) is 5.44. The van der Waals surface area contributed by atoms with Crippen molar-refractivity contribution in [1.29, 1.82) is 0 Å². The van der Waals surface area contributed by atoms with Crippen LogP contribution < -0.4 is 5.32 Å². The first-order valence-corrected chi connectivity index (χ1v) is 7.36. The van der Waals surface area contributed by atoms with Gasteiger partial charge in [0.1, 0.15) is 0 Å². The van der Waals surface area contributed by atoms with Crippen molar-refractivity contribution >= 4 is 0 Å². The lowest BCUT2D eigenvalue weighted by Gasteiger charge is -2.17. The van der Waals surface area contributed by atoms with Gasteiger partial charge in [-0.25, -0.2) is 0 Å². The Balaban J connectivity index is 1.51. The molecule has 1 aliphatic heterocycles. The number of rotatable bonds is 9. The van der Waals surface area contributed by atoms with Crippen LogP contribution in [0, 0.1) is 0 Å². The SMILES string of the molecule is CCOCC(C)OCC1CCC(CNC2CC2)O1. The molecule has 0 spiro atoms. The highest BCUT2D eigenvalue weighted by molar-refractivity contribution is 4.84. The third kappa shape index (κ3) is 5.22. The zero-order valence-corrected chi connectivity index (χ0v) is 11.7. The van der Waals surface area contributed by atoms with Gasteiger partial charge in [-0.05, 0) is 39.5 Å². The van der Waals surface area contributed by atoms with Crippen LogP contribution in [0.4, 0.5) is 0 Å². The molecule has 0 aromatic heterocycles. The first kappa shape index (κ1) is 14.3. The normalized spacial score (nSPS) is 29.7. The molecule has 1 saturated carbocycles. The van der Waals surface area contributed by atoms with E-state index >= 15 is 0 Å². The summed E-state index contributed by atoms with van der Waals surface area (Å²) in [5.41, 5.74) is 0. The summed E-state index contributed by atoms with van der Waals surface area (Å²) in [4.78, 5) is 0. The van der Waals surface area contributed by atoms with E-state index in [4.69, 9.17) is 14.2 Å². The minimum Gasteiger partial charge on any atom is -0.379 e. The fraction of sp³-hybridized carbons (Fsp3) is 1.00. The molecule has 0 radical (unpaired) electrons. The van der Waals surface area contributed by atoms with Crippen LogP contribution in [0.25, 0.3) is 0 Å². The van der Waals surface area contributed by atoms with Crippen molar-refractivity contribution in [3.05, 3.63) is 0 Å². The fourth-order valence-electron chi connectivity index (χ4n) is 2.24. The summed E-state index contributed by atoms with van der Waals surface area (Å²) >= 11 is 0. The van der Waals surface area contributed by atoms with Crippen molar-refractivity contribution in [3.8, 4) is 0 Å². The number of ether oxygens (including phenoxy) is 3. The third-order valence-corrected chi connectivity index (χ3v) is 3.53. The van der Waals surface area contributed by atoms with Crippen LogP contribution in [-0.2, 0) is 14.2 Å². The maximum absolute atomic E-state index is 5.97. The Morgan fingerprint density at radius 2 is 2.00 bits per heavy atom. The molecule has 1 N–H and O–H groups in total. The molecule has 3 unspecified atom stereocenters. The fourth-order valence-corrected chi connectivity index (χ4v) is 2.24. The van der Waals surface area contributed by atoms with E-state index in [0.29, 0.717) is 19.3 Å². The topological polar surface area (TPSA) is 39.7 Å². The molecule has 4 nitrogen and oxygen atoms in total. The molecular weight excluding hydrogens is 230 g/mol. The molecule has 0 aromatic carbocycles. The second-order valence-corrected chi connectivity index (χ2v) is 5.44. The Bertz CT molecular complexity index is 233.